The van der Waals surface area contributed by atoms with E-state index in [0.29, 0.717) is 0 Å². The molecule has 0 nitrogen and oxygen atoms in total. The Morgan fingerprint density at radius 3 is 2.79 bits per heavy atom. The zero-order chi connectivity index (χ0) is 12.8. The molecular formula is C18H14S. The third-order valence-electron chi connectivity index (χ3n) is 3.83. The Bertz CT molecular complexity index is 805. The summed E-state index contributed by atoms with van der Waals surface area (Å²) in [6, 6.07) is 15.4. The fourth-order valence-corrected chi connectivity index (χ4v) is 3.92. The van der Waals surface area contributed by atoms with Gasteiger partial charge in [-0.3, -0.25) is 0 Å². The lowest BCUT2D eigenvalue weighted by Gasteiger charge is -2.06. The van der Waals surface area contributed by atoms with Gasteiger partial charge in [-0.1, -0.05) is 48.0 Å². The molecule has 0 unspecified atom stereocenters. The molecule has 0 radical (unpaired) electrons. The van der Waals surface area contributed by atoms with Gasteiger partial charge in [0.25, 0.3) is 0 Å². The zero-order valence-electron chi connectivity index (χ0n) is 10.8. The summed E-state index contributed by atoms with van der Waals surface area (Å²) in [6.07, 6.45) is 3.45. The topological polar surface area (TPSA) is 0 Å². The highest BCUT2D eigenvalue weighted by molar-refractivity contribution is 7.17. The van der Waals surface area contributed by atoms with Crippen LogP contribution in [0.1, 0.15) is 18.1 Å². The van der Waals surface area contributed by atoms with Crippen LogP contribution >= 0.6 is 11.3 Å². The Morgan fingerprint density at radius 1 is 0.947 bits per heavy atom. The predicted molar refractivity (Wildman–Crippen MR) is 84.6 cm³/mol. The lowest BCUT2D eigenvalue weighted by Crippen LogP contribution is -1.86. The standard InChI is InChI=1S/C18H14S/c1-12-9-13-5-4-7-14(16(13)10-12)17-11-19-18-8-3-2-6-15(17)18/h2-8,10-11H,9H2,1H3. The van der Waals surface area contributed by atoms with Crippen molar-refractivity contribution in [2.45, 2.75) is 13.3 Å². The summed E-state index contributed by atoms with van der Waals surface area (Å²) in [5.74, 6) is 0. The minimum absolute atomic E-state index is 1.10. The molecule has 1 aliphatic rings. The van der Waals surface area contributed by atoms with E-state index < -0.39 is 0 Å². The van der Waals surface area contributed by atoms with Gasteiger partial charge in [0, 0.05) is 15.6 Å². The number of hydrogen-bond donors (Lipinski definition) is 0. The molecule has 0 saturated carbocycles. The highest BCUT2D eigenvalue weighted by Crippen LogP contribution is 2.39. The van der Waals surface area contributed by atoms with Crippen LogP contribution in [0.5, 0.6) is 0 Å². The average Bonchev–Trinajstić information content (AvgIpc) is 3.00. The Hall–Kier alpha value is -1.86. The van der Waals surface area contributed by atoms with Crippen molar-refractivity contribution in [3.8, 4) is 11.1 Å². The highest BCUT2D eigenvalue weighted by atomic mass is 32.1. The third kappa shape index (κ3) is 1.66. The quantitative estimate of drug-likeness (QED) is 0.541. The number of hydrogen-bond acceptors (Lipinski definition) is 1. The molecule has 4 rings (SSSR count). The second-order valence-corrected chi connectivity index (χ2v) is 6.10. The smallest absolute Gasteiger partial charge is 0.0349 e. The van der Waals surface area contributed by atoms with Crippen molar-refractivity contribution < 1.29 is 0 Å². The predicted octanol–water partition coefficient (Wildman–Crippen LogP) is 5.53. The van der Waals surface area contributed by atoms with Crippen LogP contribution in [0.4, 0.5) is 0 Å². The summed E-state index contributed by atoms with van der Waals surface area (Å²) in [7, 11) is 0. The SMILES string of the molecule is CC1=Cc2c(cccc2-c2csc3ccccc23)C1. The minimum atomic E-state index is 1.10. The first-order chi connectivity index (χ1) is 9.33. The van der Waals surface area contributed by atoms with Gasteiger partial charge in [-0.15, -0.1) is 11.3 Å². The van der Waals surface area contributed by atoms with E-state index in [0.717, 1.165) is 6.42 Å². The van der Waals surface area contributed by atoms with Gasteiger partial charge in [0.1, 0.15) is 0 Å². The molecule has 19 heavy (non-hydrogen) atoms. The van der Waals surface area contributed by atoms with Gasteiger partial charge in [0.15, 0.2) is 0 Å². The third-order valence-corrected chi connectivity index (χ3v) is 4.79. The van der Waals surface area contributed by atoms with Gasteiger partial charge in [0.05, 0.1) is 0 Å². The Balaban J connectivity index is 2.02. The Kier molecular flexibility index (Phi) is 2.36. The molecule has 1 aromatic heterocycles. The maximum atomic E-state index is 2.34. The van der Waals surface area contributed by atoms with Crippen molar-refractivity contribution >= 4 is 27.5 Å². The van der Waals surface area contributed by atoms with Gasteiger partial charge < -0.3 is 0 Å². The molecule has 1 heteroatoms. The Morgan fingerprint density at radius 2 is 1.84 bits per heavy atom. The van der Waals surface area contributed by atoms with Crippen molar-refractivity contribution in [1.29, 1.82) is 0 Å². The van der Waals surface area contributed by atoms with Crippen LogP contribution in [0.25, 0.3) is 27.3 Å². The summed E-state index contributed by atoms with van der Waals surface area (Å²) < 4.78 is 1.37. The van der Waals surface area contributed by atoms with E-state index in [9.17, 15) is 0 Å². The van der Waals surface area contributed by atoms with Gasteiger partial charge in [0.2, 0.25) is 0 Å². The zero-order valence-corrected chi connectivity index (χ0v) is 11.6. The number of rotatable bonds is 1. The second-order valence-electron chi connectivity index (χ2n) is 5.19. The van der Waals surface area contributed by atoms with E-state index in [2.05, 4.69) is 60.8 Å². The van der Waals surface area contributed by atoms with Crippen LogP contribution in [-0.4, -0.2) is 0 Å². The molecule has 1 aliphatic carbocycles. The summed E-state index contributed by atoms with van der Waals surface area (Å²) in [4.78, 5) is 0. The number of fused-ring (bicyclic) bond motifs is 2. The molecule has 0 N–H and O–H groups in total. The molecule has 92 valence electrons. The van der Waals surface area contributed by atoms with E-state index in [1.807, 2.05) is 11.3 Å². The number of allylic oxidation sites excluding steroid dienone is 1. The molecular weight excluding hydrogens is 248 g/mol. The maximum absolute atomic E-state index is 2.34. The van der Waals surface area contributed by atoms with Crippen molar-refractivity contribution in [2.75, 3.05) is 0 Å². The molecule has 1 heterocycles. The van der Waals surface area contributed by atoms with Gasteiger partial charge >= 0.3 is 0 Å². The molecule has 0 spiro atoms. The van der Waals surface area contributed by atoms with Gasteiger partial charge in [-0.05, 0) is 41.5 Å². The molecule has 0 atom stereocenters. The summed E-state index contributed by atoms with van der Waals surface area (Å²) in [5.41, 5.74) is 7.10. The summed E-state index contributed by atoms with van der Waals surface area (Å²) in [5, 5.41) is 3.67. The largest absolute Gasteiger partial charge is 0.143 e. The second kappa shape index (κ2) is 4.07. The van der Waals surface area contributed by atoms with Crippen LogP contribution in [0.3, 0.4) is 0 Å². The van der Waals surface area contributed by atoms with Crippen molar-refractivity contribution in [1.82, 2.24) is 0 Å². The van der Waals surface area contributed by atoms with Crippen molar-refractivity contribution in [3.63, 3.8) is 0 Å². The molecule has 2 aromatic carbocycles. The molecule has 0 fully saturated rings. The van der Waals surface area contributed by atoms with Crippen molar-refractivity contribution in [2.24, 2.45) is 0 Å². The van der Waals surface area contributed by atoms with Crippen LogP contribution in [0, 0.1) is 0 Å². The van der Waals surface area contributed by atoms with E-state index in [1.165, 1.54) is 37.9 Å². The monoisotopic (exact) mass is 262 g/mol. The lowest BCUT2D eigenvalue weighted by molar-refractivity contribution is 1.20. The molecule has 0 aliphatic heterocycles. The highest BCUT2D eigenvalue weighted by Gasteiger charge is 2.16. The first kappa shape index (κ1) is 11.0. The maximum Gasteiger partial charge on any atom is 0.0349 e. The minimum Gasteiger partial charge on any atom is -0.143 e. The Labute approximate surface area is 117 Å². The van der Waals surface area contributed by atoms with Gasteiger partial charge in [-0.2, -0.15) is 0 Å². The fourth-order valence-electron chi connectivity index (χ4n) is 2.96. The van der Waals surface area contributed by atoms with E-state index >= 15 is 0 Å². The average molecular weight is 262 g/mol. The molecule has 0 bridgehead atoms. The first-order valence-electron chi connectivity index (χ1n) is 6.58. The van der Waals surface area contributed by atoms with E-state index in [-0.39, 0.29) is 0 Å². The fraction of sp³-hybridized carbons (Fsp3) is 0.111. The van der Waals surface area contributed by atoms with Crippen LogP contribution in [0.15, 0.2) is 53.4 Å². The van der Waals surface area contributed by atoms with Crippen LogP contribution in [0.2, 0.25) is 0 Å². The number of thiophene rings is 1. The van der Waals surface area contributed by atoms with Crippen LogP contribution < -0.4 is 0 Å². The van der Waals surface area contributed by atoms with Crippen molar-refractivity contribution in [3.05, 3.63) is 64.5 Å². The van der Waals surface area contributed by atoms with E-state index in [1.54, 1.807) is 0 Å². The van der Waals surface area contributed by atoms with E-state index in [4.69, 9.17) is 0 Å². The first-order valence-corrected chi connectivity index (χ1v) is 7.46. The van der Waals surface area contributed by atoms with Crippen LogP contribution in [-0.2, 0) is 6.42 Å². The summed E-state index contributed by atoms with van der Waals surface area (Å²) in [6.45, 7) is 2.22. The van der Waals surface area contributed by atoms with Gasteiger partial charge in [-0.25, -0.2) is 0 Å². The summed E-state index contributed by atoms with van der Waals surface area (Å²) >= 11 is 1.83. The molecule has 0 saturated heterocycles. The number of benzene rings is 2. The molecule has 0 amide bonds. The normalized spacial score (nSPS) is 13.6. The molecule has 3 aromatic rings. The lowest BCUT2D eigenvalue weighted by atomic mass is 9.97.